The average molecular weight is 349 g/mol. The minimum atomic E-state index is -0.638. The van der Waals surface area contributed by atoms with Crippen molar-refractivity contribution in [1.29, 1.82) is 0 Å². The molecular formula is C19H29BFNO3. The fourth-order valence-corrected chi connectivity index (χ4v) is 2.77. The zero-order chi connectivity index (χ0) is 18.8. The first-order chi connectivity index (χ1) is 11.6. The van der Waals surface area contributed by atoms with E-state index in [0.717, 1.165) is 24.8 Å². The maximum atomic E-state index is 14.5. The Labute approximate surface area is 150 Å². The second-order valence-electron chi connectivity index (χ2n) is 7.74. The van der Waals surface area contributed by atoms with Gasteiger partial charge in [-0.25, -0.2) is 4.39 Å². The van der Waals surface area contributed by atoms with Gasteiger partial charge in [0, 0.05) is 6.54 Å². The molecule has 1 amide bonds. The van der Waals surface area contributed by atoms with E-state index in [9.17, 15) is 9.18 Å². The first-order valence-electron chi connectivity index (χ1n) is 9.03. The van der Waals surface area contributed by atoms with Crippen molar-refractivity contribution in [3.8, 4) is 0 Å². The lowest BCUT2D eigenvalue weighted by molar-refractivity contribution is 0.00578. The predicted octanol–water partition coefficient (Wildman–Crippen LogP) is 3.35. The quantitative estimate of drug-likeness (QED) is 0.633. The molecule has 4 nitrogen and oxygen atoms in total. The summed E-state index contributed by atoms with van der Waals surface area (Å²) in [5, 5.41) is 2.78. The van der Waals surface area contributed by atoms with Crippen LogP contribution in [0.5, 0.6) is 0 Å². The number of halogens is 1. The summed E-state index contributed by atoms with van der Waals surface area (Å²) in [6.07, 6.45) is 3.02. The maximum absolute atomic E-state index is 14.5. The lowest BCUT2D eigenvalue weighted by Gasteiger charge is -2.32. The van der Waals surface area contributed by atoms with Crippen LogP contribution in [0.1, 0.15) is 69.8 Å². The van der Waals surface area contributed by atoms with Crippen LogP contribution in [0.3, 0.4) is 0 Å². The molecule has 0 radical (unpaired) electrons. The van der Waals surface area contributed by atoms with Crippen LogP contribution < -0.4 is 10.8 Å². The van der Waals surface area contributed by atoms with Gasteiger partial charge < -0.3 is 14.6 Å². The molecular weight excluding hydrogens is 320 g/mol. The minimum absolute atomic E-state index is 0.0641. The molecule has 0 saturated carbocycles. The standard InChI is InChI=1S/C19H29BFNO3/c1-7-8-9-10-22-17(23)14-11-13(2)15(12-16(14)21)20-24-18(3,4)19(5,6)25-20/h11-12H,7-10H2,1-6H3,(H,22,23). The van der Waals surface area contributed by atoms with Crippen molar-refractivity contribution < 1.29 is 18.5 Å². The van der Waals surface area contributed by atoms with Gasteiger partial charge in [-0.15, -0.1) is 0 Å². The monoisotopic (exact) mass is 349 g/mol. The molecule has 138 valence electrons. The van der Waals surface area contributed by atoms with E-state index >= 15 is 0 Å². The largest absolute Gasteiger partial charge is 0.495 e. The van der Waals surface area contributed by atoms with Gasteiger partial charge >= 0.3 is 7.12 Å². The third-order valence-electron chi connectivity index (χ3n) is 5.17. The van der Waals surface area contributed by atoms with Crippen LogP contribution in [-0.2, 0) is 9.31 Å². The summed E-state index contributed by atoms with van der Waals surface area (Å²) in [7, 11) is -0.638. The van der Waals surface area contributed by atoms with Crippen molar-refractivity contribution >= 4 is 18.5 Å². The van der Waals surface area contributed by atoms with Crippen molar-refractivity contribution in [3.63, 3.8) is 0 Å². The molecule has 0 aliphatic carbocycles. The van der Waals surface area contributed by atoms with Gasteiger partial charge in [-0.3, -0.25) is 4.79 Å². The van der Waals surface area contributed by atoms with E-state index in [1.165, 1.54) is 6.07 Å². The molecule has 1 aromatic rings. The van der Waals surface area contributed by atoms with E-state index < -0.39 is 24.1 Å². The maximum Gasteiger partial charge on any atom is 0.495 e. The second kappa shape index (κ2) is 7.46. The van der Waals surface area contributed by atoms with Crippen LogP contribution in [-0.4, -0.2) is 30.8 Å². The normalized spacial score (nSPS) is 18.4. The highest BCUT2D eigenvalue weighted by Gasteiger charge is 2.52. The number of unbranched alkanes of at least 4 members (excludes halogenated alkanes) is 2. The van der Waals surface area contributed by atoms with Crippen molar-refractivity contribution in [1.82, 2.24) is 5.32 Å². The SMILES string of the molecule is CCCCCNC(=O)c1cc(C)c(B2OC(C)(C)C(C)(C)O2)cc1F. The molecule has 1 fully saturated rings. The van der Waals surface area contributed by atoms with Gasteiger partial charge in [0.05, 0.1) is 16.8 Å². The van der Waals surface area contributed by atoms with E-state index in [4.69, 9.17) is 9.31 Å². The predicted molar refractivity (Wildman–Crippen MR) is 98.7 cm³/mol. The summed E-state index contributed by atoms with van der Waals surface area (Å²) in [4.78, 5) is 12.2. The number of rotatable bonds is 6. The molecule has 25 heavy (non-hydrogen) atoms. The zero-order valence-electron chi connectivity index (χ0n) is 16.2. The van der Waals surface area contributed by atoms with Crippen molar-refractivity contribution in [3.05, 3.63) is 29.1 Å². The van der Waals surface area contributed by atoms with Crippen LogP contribution in [0.15, 0.2) is 12.1 Å². The van der Waals surface area contributed by atoms with Crippen molar-refractivity contribution in [2.24, 2.45) is 0 Å². The number of carbonyl (C=O) groups excluding carboxylic acids is 1. The highest BCUT2D eigenvalue weighted by atomic mass is 19.1. The fourth-order valence-electron chi connectivity index (χ4n) is 2.77. The fraction of sp³-hybridized carbons (Fsp3) is 0.632. The molecule has 2 rings (SSSR count). The zero-order valence-corrected chi connectivity index (χ0v) is 16.2. The minimum Gasteiger partial charge on any atom is -0.399 e. The Kier molecular flexibility index (Phi) is 5.95. The van der Waals surface area contributed by atoms with Crippen molar-refractivity contribution in [2.75, 3.05) is 6.54 Å². The highest BCUT2D eigenvalue weighted by Crippen LogP contribution is 2.36. The average Bonchev–Trinajstić information content (AvgIpc) is 2.73. The van der Waals surface area contributed by atoms with E-state index in [-0.39, 0.29) is 11.5 Å². The number of hydrogen-bond donors (Lipinski definition) is 1. The van der Waals surface area contributed by atoms with E-state index in [0.29, 0.717) is 12.0 Å². The Morgan fingerprint density at radius 2 is 1.76 bits per heavy atom. The summed E-state index contributed by atoms with van der Waals surface area (Å²) >= 11 is 0. The first kappa shape index (κ1) is 19.9. The molecule has 1 N–H and O–H groups in total. The van der Waals surface area contributed by atoms with Crippen LogP contribution >= 0.6 is 0 Å². The Balaban J connectivity index is 2.17. The lowest BCUT2D eigenvalue weighted by Crippen LogP contribution is -2.41. The van der Waals surface area contributed by atoms with Gasteiger partial charge in [0.2, 0.25) is 0 Å². The van der Waals surface area contributed by atoms with Gasteiger partial charge in [0.15, 0.2) is 0 Å². The molecule has 1 aliphatic rings. The number of aryl methyl sites for hydroxylation is 1. The third kappa shape index (κ3) is 4.23. The number of carbonyl (C=O) groups is 1. The van der Waals surface area contributed by atoms with Crippen LogP contribution in [0.4, 0.5) is 4.39 Å². The van der Waals surface area contributed by atoms with E-state index in [2.05, 4.69) is 12.2 Å². The van der Waals surface area contributed by atoms with Gasteiger partial charge in [-0.2, -0.15) is 0 Å². The number of hydrogen-bond acceptors (Lipinski definition) is 3. The van der Waals surface area contributed by atoms with E-state index in [1.54, 1.807) is 6.07 Å². The Bertz CT molecular complexity index is 630. The summed E-state index contributed by atoms with van der Waals surface area (Å²) in [6, 6.07) is 2.93. The van der Waals surface area contributed by atoms with Gasteiger partial charge in [0.25, 0.3) is 5.91 Å². The second-order valence-corrected chi connectivity index (χ2v) is 7.74. The van der Waals surface area contributed by atoms with Gasteiger partial charge in [-0.1, -0.05) is 25.3 Å². The molecule has 0 aromatic heterocycles. The Morgan fingerprint density at radius 3 is 2.32 bits per heavy atom. The topological polar surface area (TPSA) is 47.6 Å². The van der Waals surface area contributed by atoms with Crippen LogP contribution in [0.25, 0.3) is 0 Å². The summed E-state index contributed by atoms with van der Waals surface area (Å²) in [6.45, 7) is 12.3. The first-order valence-corrected chi connectivity index (χ1v) is 9.03. The van der Waals surface area contributed by atoms with Gasteiger partial charge in [-0.05, 0) is 58.6 Å². The van der Waals surface area contributed by atoms with Gasteiger partial charge in [0.1, 0.15) is 5.82 Å². The summed E-state index contributed by atoms with van der Waals surface area (Å²) in [5.41, 5.74) is 0.484. The van der Waals surface area contributed by atoms with Crippen LogP contribution in [0.2, 0.25) is 0 Å². The molecule has 0 atom stereocenters. The molecule has 1 saturated heterocycles. The smallest absolute Gasteiger partial charge is 0.399 e. The Morgan fingerprint density at radius 1 is 1.16 bits per heavy atom. The molecule has 0 unspecified atom stereocenters. The molecule has 6 heteroatoms. The number of nitrogens with one attached hydrogen (secondary N) is 1. The highest BCUT2D eigenvalue weighted by molar-refractivity contribution is 6.62. The Hall–Kier alpha value is -1.40. The summed E-state index contributed by atoms with van der Waals surface area (Å²) in [5.74, 6) is -0.930. The number of amides is 1. The van der Waals surface area contributed by atoms with Crippen molar-refractivity contribution in [2.45, 2.75) is 72.0 Å². The third-order valence-corrected chi connectivity index (χ3v) is 5.17. The molecule has 1 heterocycles. The molecule has 1 aliphatic heterocycles. The van der Waals surface area contributed by atoms with E-state index in [1.807, 2.05) is 34.6 Å². The summed E-state index contributed by atoms with van der Waals surface area (Å²) < 4.78 is 26.5. The molecule has 1 aromatic carbocycles. The molecule has 0 spiro atoms. The number of benzene rings is 1. The lowest BCUT2D eigenvalue weighted by atomic mass is 9.75. The van der Waals surface area contributed by atoms with Crippen LogP contribution in [0, 0.1) is 12.7 Å². The molecule has 0 bridgehead atoms.